The first kappa shape index (κ1) is 22.2. The van der Waals surface area contributed by atoms with E-state index in [9.17, 15) is 8.42 Å². The van der Waals surface area contributed by atoms with Crippen LogP contribution in [-0.4, -0.2) is 14.5 Å². The number of unbranched alkanes of at least 4 members (excludes halogenated alkanes) is 9. The molecule has 25 heavy (non-hydrogen) atoms. The number of sulfonamides is 1. The molecule has 0 fully saturated rings. The minimum absolute atomic E-state index is 0.0876. The molecule has 0 saturated heterocycles. The fourth-order valence-corrected chi connectivity index (χ4v) is 4.67. The molecule has 0 saturated carbocycles. The molecule has 3 nitrogen and oxygen atoms in total. The Morgan fingerprint density at radius 2 is 1.36 bits per heavy atom. The molecule has 0 aromatic heterocycles. The summed E-state index contributed by atoms with van der Waals surface area (Å²) < 4.78 is 27.6. The number of benzene rings is 1. The van der Waals surface area contributed by atoms with Gasteiger partial charge in [0, 0.05) is 6.04 Å². The van der Waals surface area contributed by atoms with E-state index in [-0.39, 0.29) is 6.04 Å². The molecule has 144 valence electrons. The van der Waals surface area contributed by atoms with Gasteiger partial charge in [-0.3, -0.25) is 0 Å². The second kappa shape index (κ2) is 12.5. The van der Waals surface area contributed by atoms with Gasteiger partial charge in [0.1, 0.15) is 0 Å². The average Bonchev–Trinajstić information content (AvgIpc) is 2.56. The third kappa shape index (κ3) is 9.41. The van der Waals surface area contributed by atoms with Crippen LogP contribution in [0.5, 0.6) is 0 Å². The number of aryl methyl sites for hydroxylation is 1. The Morgan fingerprint density at radius 3 is 1.92 bits per heavy atom. The highest BCUT2D eigenvalue weighted by Gasteiger charge is 2.18. The largest absolute Gasteiger partial charge is 0.241 e. The quantitative estimate of drug-likeness (QED) is 0.420. The van der Waals surface area contributed by atoms with E-state index in [0.717, 1.165) is 18.4 Å². The van der Waals surface area contributed by atoms with Crippen molar-refractivity contribution in [2.45, 2.75) is 102 Å². The number of nitrogens with one attached hydrogen (secondary N) is 1. The van der Waals surface area contributed by atoms with Crippen LogP contribution in [-0.2, 0) is 16.4 Å². The summed E-state index contributed by atoms with van der Waals surface area (Å²) in [6.07, 6.45) is 13.8. The molecule has 0 bridgehead atoms. The van der Waals surface area contributed by atoms with Crippen LogP contribution in [0.2, 0.25) is 0 Å². The Labute approximate surface area is 155 Å². The van der Waals surface area contributed by atoms with E-state index >= 15 is 0 Å². The predicted octanol–water partition coefficient (Wildman–Crippen LogP) is 5.84. The Hall–Kier alpha value is -0.870. The van der Waals surface area contributed by atoms with Gasteiger partial charge < -0.3 is 0 Å². The van der Waals surface area contributed by atoms with E-state index in [1.807, 2.05) is 26.0 Å². The van der Waals surface area contributed by atoms with Crippen LogP contribution in [0.15, 0.2) is 29.2 Å². The van der Waals surface area contributed by atoms with Gasteiger partial charge in [-0.05, 0) is 38.3 Å². The van der Waals surface area contributed by atoms with E-state index in [1.165, 1.54) is 57.8 Å². The van der Waals surface area contributed by atoms with Gasteiger partial charge in [-0.2, -0.15) is 0 Å². The second-order valence-electron chi connectivity index (χ2n) is 7.32. The highest BCUT2D eigenvalue weighted by Crippen LogP contribution is 2.19. The van der Waals surface area contributed by atoms with Crippen LogP contribution < -0.4 is 4.72 Å². The first-order valence-electron chi connectivity index (χ1n) is 10.1. The molecule has 0 unspecified atom stereocenters. The van der Waals surface area contributed by atoms with Crippen LogP contribution in [0.1, 0.15) is 90.5 Å². The minimum Gasteiger partial charge on any atom is -0.209 e. The number of hydrogen-bond acceptors (Lipinski definition) is 2. The lowest BCUT2D eigenvalue weighted by molar-refractivity contribution is 0.554. The molecule has 1 rings (SSSR count). The maximum atomic E-state index is 12.4. The zero-order chi connectivity index (χ0) is 18.5. The Balaban J connectivity index is 2.32. The molecule has 0 spiro atoms. The van der Waals surface area contributed by atoms with E-state index in [1.54, 1.807) is 12.1 Å². The minimum atomic E-state index is -3.40. The third-order valence-corrected chi connectivity index (χ3v) is 6.21. The summed E-state index contributed by atoms with van der Waals surface area (Å²) in [4.78, 5) is 0.444. The van der Waals surface area contributed by atoms with Crippen molar-refractivity contribution in [3.8, 4) is 0 Å². The van der Waals surface area contributed by atoms with Gasteiger partial charge in [0.25, 0.3) is 0 Å². The summed E-state index contributed by atoms with van der Waals surface area (Å²) in [6.45, 7) is 5.95. The van der Waals surface area contributed by atoms with Gasteiger partial charge >= 0.3 is 0 Å². The SMILES string of the molecule is CCCCCCCCCCCCc1ccccc1S(=O)(=O)NC(C)C. The molecular weight excluding hydrogens is 330 g/mol. The molecule has 0 aliphatic heterocycles. The molecule has 0 aliphatic rings. The fourth-order valence-electron chi connectivity index (χ4n) is 3.15. The normalized spacial score (nSPS) is 12.0. The van der Waals surface area contributed by atoms with Gasteiger partial charge in [0.15, 0.2) is 0 Å². The molecule has 1 N–H and O–H groups in total. The first-order valence-corrected chi connectivity index (χ1v) is 11.6. The van der Waals surface area contributed by atoms with Crippen molar-refractivity contribution in [2.75, 3.05) is 0 Å². The van der Waals surface area contributed by atoms with Crippen LogP contribution in [0, 0.1) is 0 Å². The van der Waals surface area contributed by atoms with Gasteiger partial charge in [0.05, 0.1) is 4.90 Å². The van der Waals surface area contributed by atoms with Gasteiger partial charge in [-0.15, -0.1) is 0 Å². The molecular formula is C21H37NO2S. The van der Waals surface area contributed by atoms with Crippen molar-refractivity contribution >= 4 is 10.0 Å². The summed E-state index contributed by atoms with van der Waals surface area (Å²) in [5.74, 6) is 0. The topological polar surface area (TPSA) is 46.2 Å². The molecule has 1 aromatic carbocycles. The first-order chi connectivity index (χ1) is 12.0. The van der Waals surface area contributed by atoms with Crippen LogP contribution in [0.3, 0.4) is 0 Å². The van der Waals surface area contributed by atoms with Crippen LogP contribution >= 0.6 is 0 Å². The molecule has 4 heteroatoms. The van der Waals surface area contributed by atoms with Crippen molar-refractivity contribution in [1.82, 2.24) is 4.72 Å². The lowest BCUT2D eigenvalue weighted by atomic mass is 10.0. The summed E-state index contributed by atoms with van der Waals surface area (Å²) in [6, 6.07) is 7.31. The van der Waals surface area contributed by atoms with E-state index in [4.69, 9.17) is 0 Å². The average molecular weight is 368 g/mol. The van der Waals surface area contributed by atoms with Crippen molar-refractivity contribution in [3.63, 3.8) is 0 Å². The standard InChI is InChI=1S/C21H37NO2S/c1-4-5-6-7-8-9-10-11-12-13-16-20-17-14-15-18-21(20)25(23,24)22-19(2)3/h14-15,17-19,22H,4-13,16H2,1-3H3. The van der Waals surface area contributed by atoms with Crippen LogP contribution in [0.25, 0.3) is 0 Å². The zero-order valence-electron chi connectivity index (χ0n) is 16.4. The summed E-state index contributed by atoms with van der Waals surface area (Å²) >= 11 is 0. The van der Waals surface area contributed by atoms with E-state index in [2.05, 4.69) is 11.6 Å². The molecule has 1 aromatic rings. The number of rotatable bonds is 14. The van der Waals surface area contributed by atoms with E-state index < -0.39 is 10.0 Å². The number of hydrogen-bond donors (Lipinski definition) is 1. The highest BCUT2D eigenvalue weighted by atomic mass is 32.2. The highest BCUT2D eigenvalue weighted by molar-refractivity contribution is 7.89. The second-order valence-corrected chi connectivity index (χ2v) is 9.00. The molecule has 0 radical (unpaired) electrons. The fraction of sp³-hybridized carbons (Fsp3) is 0.714. The van der Waals surface area contributed by atoms with Gasteiger partial charge in [0.2, 0.25) is 10.0 Å². The molecule has 0 aliphatic carbocycles. The van der Waals surface area contributed by atoms with Crippen molar-refractivity contribution in [1.29, 1.82) is 0 Å². The van der Waals surface area contributed by atoms with Crippen molar-refractivity contribution in [2.24, 2.45) is 0 Å². The summed E-state index contributed by atoms with van der Waals surface area (Å²) in [5.41, 5.74) is 0.940. The third-order valence-electron chi connectivity index (χ3n) is 4.45. The molecule has 0 atom stereocenters. The molecule has 0 amide bonds. The van der Waals surface area contributed by atoms with Crippen LogP contribution in [0.4, 0.5) is 0 Å². The lowest BCUT2D eigenvalue weighted by Crippen LogP contribution is -2.30. The maximum absolute atomic E-state index is 12.4. The van der Waals surface area contributed by atoms with Gasteiger partial charge in [-0.1, -0.05) is 82.9 Å². The summed E-state index contributed by atoms with van der Waals surface area (Å²) in [7, 11) is -3.40. The monoisotopic (exact) mass is 367 g/mol. The van der Waals surface area contributed by atoms with E-state index in [0.29, 0.717) is 4.90 Å². The maximum Gasteiger partial charge on any atom is 0.241 e. The molecule has 0 heterocycles. The smallest absolute Gasteiger partial charge is 0.209 e. The predicted molar refractivity (Wildman–Crippen MR) is 107 cm³/mol. The lowest BCUT2D eigenvalue weighted by Gasteiger charge is -2.13. The Bertz CT molecular complexity index is 567. The Morgan fingerprint density at radius 1 is 0.840 bits per heavy atom. The summed E-state index contributed by atoms with van der Waals surface area (Å²) in [5, 5.41) is 0. The van der Waals surface area contributed by atoms with Crippen molar-refractivity contribution in [3.05, 3.63) is 29.8 Å². The van der Waals surface area contributed by atoms with Crippen molar-refractivity contribution < 1.29 is 8.42 Å². The zero-order valence-corrected chi connectivity index (χ0v) is 17.2. The van der Waals surface area contributed by atoms with Gasteiger partial charge in [-0.25, -0.2) is 13.1 Å². The Kier molecular flexibility index (Phi) is 11.1.